The molecule has 0 bridgehead atoms. The fourth-order valence-electron chi connectivity index (χ4n) is 1.25. The van der Waals surface area contributed by atoms with Crippen LogP contribution in [0.2, 0.25) is 9.49 Å². The molecular weight excluding hydrogens is 350 g/mol. The molecule has 0 unspecified atom stereocenters. The van der Waals surface area contributed by atoms with Gasteiger partial charge in [-0.3, -0.25) is 0 Å². The van der Waals surface area contributed by atoms with Crippen molar-refractivity contribution in [2.45, 2.75) is 6.54 Å². The maximum Gasteiger partial charge on any atom is 0.183 e. The molecule has 0 atom stereocenters. The Labute approximate surface area is 120 Å². The Hall–Kier alpha value is -0.360. The number of halogens is 4. The smallest absolute Gasteiger partial charge is 0.183 e. The first-order chi connectivity index (χ1) is 8.06. The van der Waals surface area contributed by atoms with Crippen LogP contribution < -0.4 is 5.32 Å². The third-order valence-corrected chi connectivity index (χ3v) is 3.93. The monoisotopic (exact) mass is 354 g/mol. The second kappa shape index (κ2) is 5.52. The number of aromatic nitrogens is 1. The van der Waals surface area contributed by atoms with Crippen molar-refractivity contribution >= 4 is 56.2 Å². The van der Waals surface area contributed by atoms with E-state index in [0.717, 1.165) is 4.88 Å². The molecule has 0 aliphatic carbocycles. The maximum absolute atomic E-state index is 13.6. The molecule has 0 aliphatic rings. The number of hydrogen-bond acceptors (Lipinski definition) is 3. The topological polar surface area (TPSA) is 24.9 Å². The van der Waals surface area contributed by atoms with Crippen LogP contribution in [0.5, 0.6) is 0 Å². The van der Waals surface area contributed by atoms with Crippen molar-refractivity contribution in [2.24, 2.45) is 0 Å². The lowest BCUT2D eigenvalue weighted by atomic mass is 10.3. The average Bonchev–Trinajstić information content (AvgIpc) is 2.62. The molecule has 7 heteroatoms. The van der Waals surface area contributed by atoms with Gasteiger partial charge in [0.25, 0.3) is 0 Å². The summed E-state index contributed by atoms with van der Waals surface area (Å²) in [7, 11) is 0. The maximum atomic E-state index is 13.6. The molecule has 0 amide bonds. The Bertz CT molecular complexity index is 524. The molecule has 0 aliphatic heterocycles. The van der Waals surface area contributed by atoms with Crippen LogP contribution in [0.3, 0.4) is 0 Å². The van der Waals surface area contributed by atoms with E-state index < -0.39 is 5.82 Å². The number of nitrogens with one attached hydrogen (secondary N) is 1. The molecule has 17 heavy (non-hydrogen) atoms. The molecule has 1 aromatic carbocycles. The van der Waals surface area contributed by atoms with E-state index in [9.17, 15) is 4.39 Å². The predicted octanol–water partition coefficient (Wildman–Crippen LogP) is 4.96. The fourth-order valence-corrected chi connectivity index (χ4v) is 3.08. The normalized spacial score (nSPS) is 10.6. The summed E-state index contributed by atoms with van der Waals surface area (Å²) in [6.45, 7) is 0.460. The molecule has 2 rings (SSSR count). The molecule has 0 saturated heterocycles. The van der Waals surface area contributed by atoms with Crippen LogP contribution in [0.4, 0.5) is 10.1 Å². The van der Waals surface area contributed by atoms with Gasteiger partial charge in [0.1, 0.15) is 5.82 Å². The zero-order chi connectivity index (χ0) is 12.4. The highest BCUT2D eigenvalue weighted by Crippen LogP contribution is 2.30. The molecule has 1 N–H and O–H groups in total. The van der Waals surface area contributed by atoms with Gasteiger partial charge in [0.05, 0.1) is 12.2 Å². The summed E-state index contributed by atoms with van der Waals surface area (Å²) >= 11 is 16.0. The minimum absolute atomic E-state index is 0.348. The lowest BCUT2D eigenvalue weighted by Crippen LogP contribution is -2.00. The first kappa shape index (κ1) is 13.1. The molecule has 2 aromatic rings. The Kier molecular flexibility index (Phi) is 4.25. The van der Waals surface area contributed by atoms with Crippen molar-refractivity contribution < 1.29 is 4.39 Å². The van der Waals surface area contributed by atoms with Gasteiger partial charge >= 0.3 is 0 Å². The van der Waals surface area contributed by atoms with Gasteiger partial charge in [0.15, 0.2) is 4.47 Å². The van der Waals surface area contributed by atoms with E-state index in [2.05, 4.69) is 26.2 Å². The Morgan fingerprint density at radius 1 is 1.41 bits per heavy atom. The van der Waals surface area contributed by atoms with Gasteiger partial charge in [-0.2, -0.15) is 0 Å². The van der Waals surface area contributed by atoms with Crippen LogP contribution in [0.25, 0.3) is 0 Å². The zero-order valence-electron chi connectivity index (χ0n) is 8.31. The Balaban J connectivity index is 2.14. The highest BCUT2D eigenvalue weighted by atomic mass is 79.9. The summed E-state index contributed by atoms with van der Waals surface area (Å²) in [5.74, 6) is -0.403. The SMILES string of the molecule is Fc1cc(Cl)cc(Br)c1NCc1cnc(Cl)s1. The van der Waals surface area contributed by atoms with E-state index in [4.69, 9.17) is 23.2 Å². The zero-order valence-corrected chi connectivity index (χ0v) is 12.2. The molecule has 0 saturated carbocycles. The van der Waals surface area contributed by atoms with Crippen molar-refractivity contribution in [2.75, 3.05) is 5.32 Å². The van der Waals surface area contributed by atoms with Crippen LogP contribution in [0.1, 0.15) is 4.88 Å². The van der Waals surface area contributed by atoms with Crippen molar-refractivity contribution in [3.8, 4) is 0 Å². The Morgan fingerprint density at radius 3 is 2.76 bits per heavy atom. The third kappa shape index (κ3) is 3.31. The van der Waals surface area contributed by atoms with Gasteiger partial charge < -0.3 is 5.32 Å². The van der Waals surface area contributed by atoms with Gasteiger partial charge in [-0.1, -0.05) is 23.2 Å². The van der Waals surface area contributed by atoms with Crippen molar-refractivity contribution in [3.63, 3.8) is 0 Å². The molecule has 0 spiro atoms. The largest absolute Gasteiger partial charge is 0.377 e. The van der Waals surface area contributed by atoms with Crippen molar-refractivity contribution in [3.05, 3.63) is 43.0 Å². The minimum Gasteiger partial charge on any atom is -0.377 e. The summed E-state index contributed by atoms with van der Waals surface area (Å²) < 4.78 is 14.7. The molecule has 1 aromatic heterocycles. The van der Waals surface area contributed by atoms with E-state index >= 15 is 0 Å². The minimum atomic E-state index is -0.403. The average molecular weight is 356 g/mol. The second-order valence-corrected chi connectivity index (χ2v) is 6.17. The lowest BCUT2D eigenvalue weighted by Gasteiger charge is -2.08. The number of anilines is 1. The van der Waals surface area contributed by atoms with Gasteiger partial charge in [-0.05, 0) is 28.1 Å². The number of rotatable bonds is 3. The first-order valence-electron chi connectivity index (χ1n) is 4.55. The van der Waals surface area contributed by atoms with Crippen LogP contribution in [-0.2, 0) is 6.54 Å². The molecule has 2 nitrogen and oxygen atoms in total. The summed E-state index contributed by atoms with van der Waals surface area (Å²) in [4.78, 5) is 4.83. The van der Waals surface area contributed by atoms with Gasteiger partial charge in [0.2, 0.25) is 0 Å². The lowest BCUT2D eigenvalue weighted by molar-refractivity contribution is 0.629. The predicted molar refractivity (Wildman–Crippen MR) is 73.6 cm³/mol. The highest BCUT2D eigenvalue weighted by Gasteiger charge is 2.09. The van der Waals surface area contributed by atoms with Crippen LogP contribution >= 0.6 is 50.5 Å². The van der Waals surface area contributed by atoms with E-state index in [-0.39, 0.29) is 0 Å². The summed E-state index contributed by atoms with van der Waals surface area (Å²) in [6.07, 6.45) is 1.65. The van der Waals surface area contributed by atoms with E-state index in [0.29, 0.717) is 26.2 Å². The van der Waals surface area contributed by atoms with Crippen LogP contribution in [0, 0.1) is 5.82 Å². The Morgan fingerprint density at radius 2 is 2.18 bits per heavy atom. The number of benzene rings is 1. The fraction of sp³-hybridized carbons (Fsp3) is 0.100. The van der Waals surface area contributed by atoms with E-state index in [1.165, 1.54) is 17.4 Å². The van der Waals surface area contributed by atoms with Gasteiger partial charge in [0, 0.05) is 20.6 Å². The summed E-state index contributed by atoms with van der Waals surface area (Å²) in [6, 6.07) is 2.89. The van der Waals surface area contributed by atoms with Crippen molar-refractivity contribution in [1.29, 1.82) is 0 Å². The van der Waals surface area contributed by atoms with Crippen LogP contribution in [0.15, 0.2) is 22.8 Å². The molecule has 0 fully saturated rings. The van der Waals surface area contributed by atoms with E-state index in [1.807, 2.05) is 0 Å². The highest BCUT2D eigenvalue weighted by molar-refractivity contribution is 9.10. The quantitative estimate of drug-likeness (QED) is 0.841. The van der Waals surface area contributed by atoms with E-state index in [1.54, 1.807) is 12.3 Å². The number of thiazole rings is 1. The van der Waals surface area contributed by atoms with Gasteiger partial charge in [-0.25, -0.2) is 9.37 Å². The van der Waals surface area contributed by atoms with Crippen molar-refractivity contribution in [1.82, 2.24) is 4.98 Å². The summed E-state index contributed by atoms with van der Waals surface area (Å²) in [5.41, 5.74) is 0.374. The molecule has 1 heterocycles. The molecule has 0 radical (unpaired) electrons. The number of nitrogens with zero attached hydrogens (tertiary/aromatic N) is 1. The number of hydrogen-bond donors (Lipinski definition) is 1. The summed E-state index contributed by atoms with van der Waals surface area (Å²) in [5, 5.41) is 3.32. The first-order valence-corrected chi connectivity index (χ1v) is 6.91. The van der Waals surface area contributed by atoms with Gasteiger partial charge in [-0.15, -0.1) is 11.3 Å². The second-order valence-electron chi connectivity index (χ2n) is 3.18. The molecule has 90 valence electrons. The standard InChI is InChI=1S/C10H6BrCl2FN2S/c11-7-1-5(12)2-8(14)9(7)15-3-6-4-16-10(13)17-6/h1-2,4,15H,3H2. The third-order valence-electron chi connectivity index (χ3n) is 1.97. The van der Waals surface area contributed by atoms with Crippen LogP contribution in [-0.4, -0.2) is 4.98 Å². The molecular formula is C10H6BrCl2FN2S.